The highest BCUT2D eigenvalue weighted by atomic mass is 16.5. The van der Waals surface area contributed by atoms with Crippen LogP contribution in [-0.4, -0.2) is 37.9 Å². The molecule has 0 aromatic carbocycles. The molecule has 0 aromatic rings. The van der Waals surface area contributed by atoms with Crippen molar-refractivity contribution in [2.45, 2.75) is 32.1 Å². The SMILES string of the molecule is COCCCNCCCCCC(=O)O. The van der Waals surface area contributed by atoms with Gasteiger partial charge in [-0.3, -0.25) is 4.79 Å². The van der Waals surface area contributed by atoms with E-state index in [4.69, 9.17) is 9.84 Å². The van der Waals surface area contributed by atoms with Crippen LogP contribution in [0.3, 0.4) is 0 Å². The molecule has 0 saturated heterocycles. The number of carboxylic acid groups (broad SMARTS) is 1. The van der Waals surface area contributed by atoms with Crippen LogP contribution in [0, 0.1) is 0 Å². The summed E-state index contributed by atoms with van der Waals surface area (Å²) in [6.07, 6.45) is 4.16. The molecule has 0 bridgehead atoms. The first-order valence-corrected chi connectivity index (χ1v) is 5.19. The van der Waals surface area contributed by atoms with Gasteiger partial charge >= 0.3 is 5.97 Å². The van der Waals surface area contributed by atoms with Gasteiger partial charge in [-0.05, 0) is 32.4 Å². The quantitative estimate of drug-likeness (QED) is 0.525. The molecule has 0 spiro atoms. The maximum Gasteiger partial charge on any atom is 0.303 e. The van der Waals surface area contributed by atoms with Gasteiger partial charge in [0.2, 0.25) is 0 Å². The third kappa shape index (κ3) is 11.4. The van der Waals surface area contributed by atoms with Gasteiger partial charge in [-0.1, -0.05) is 6.42 Å². The Balaban J connectivity index is 2.88. The van der Waals surface area contributed by atoms with Gasteiger partial charge in [0, 0.05) is 20.1 Å². The molecule has 0 aliphatic carbocycles. The molecule has 0 fully saturated rings. The normalized spacial score (nSPS) is 10.4. The Morgan fingerprint density at radius 2 is 1.93 bits per heavy atom. The zero-order valence-electron chi connectivity index (χ0n) is 8.92. The van der Waals surface area contributed by atoms with Gasteiger partial charge in [-0.15, -0.1) is 0 Å². The smallest absolute Gasteiger partial charge is 0.303 e. The first-order valence-electron chi connectivity index (χ1n) is 5.19. The lowest BCUT2D eigenvalue weighted by atomic mass is 10.2. The van der Waals surface area contributed by atoms with E-state index in [9.17, 15) is 4.79 Å². The van der Waals surface area contributed by atoms with Crippen LogP contribution in [0.4, 0.5) is 0 Å². The third-order valence-electron chi connectivity index (χ3n) is 1.95. The summed E-state index contributed by atoms with van der Waals surface area (Å²) in [6, 6.07) is 0. The van der Waals surface area contributed by atoms with E-state index < -0.39 is 5.97 Å². The van der Waals surface area contributed by atoms with Crippen LogP contribution in [0.1, 0.15) is 32.1 Å². The van der Waals surface area contributed by atoms with Crippen molar-refractivity contribution in [1.29, 1.82) is 0 Å². The first kappa shape index (κ1) is 13.4. The van der Waals surface area contributed by atoms with E-state index in [2.05, 4.69) is 5.32 Å². The standard InChI is InChI=1S/C10H21NO3/c1-14-9-5-8-11-7-4-2-3-6-10(12)13/h11H,2-9H2,1H3,(H,12,13). The van der Waals surface area contributed by atoms with Crippen LogP contribution in [0.5, 0.6) is 0 Å². The molecule has 0 unspecified atom stereocenters. The molecular weight excluding hydrogens is 182 g/mol. The van der Waals surface area contributed by atoms with Crippen LogP contribution in [0.25, 0.3) is 0 Å². The number of methoxy groups -OCH3 is 1. The predicted molar refractivity (Wildman–Crippen MR) is 55.5 cm³/mol. The summed E-state index contributed by atoms with van der Waals surface area (Å²) in [6.45, 7) is 2.75. The summed E-state index contributed by atoms with van der Waals surface area (Å²) >= 11 is 0. The van der Waals surface area contributed by atoms with Crippen LogP contribution in [0.15, 0.2) is 0 Å². The second kappa shape index (κ2) is 10.5. The van der Waals surface area contributed by atoms with Crippen molar-refractivity contribution in [3.05, 3.63) is 0 Å². The zero-order valence-corrected chi connectivity index (χ0v) is 8.92. The highest BCUT2D eigenvalue weighted by Crippen LogP contribution is 1.98. The van der Waals surface area contributed by atoms with Crippen molar-refractivity contribution in [3.8, 4) is 0 Å². The number of hydrogen-bond acceptors (Lipinski definition) is 3. The van der Waals surface area contributed by atoms with Crippen molar-refractivity contribution >= 4 is 5.97 Å². The van der Waals surface area contributed by atoms with E-state index in [1.54, 1.807) is 7.11 Å². The molecular formula is C10H21NO3. The molecule has 0 heterocycles. The summed E-state index contributed by atoms with van der Waals surface area (Å²) in [4.78, 5) is 10.2. The molecule has 0 atom stereocenters. The minimum atomic E-state index is -0.696. The fraction of sp³-hybridized carbons (Fsp3) is 0.900. The van der Waals surface area contributed by atoms with Crippen molar-refractivity contribution in [1.82, 2.24) is 5.32 Å². The number of carbonyl (C=O) groups is 1. The lowest BCUT2D eigenvalue weighted by Gasteiger charge is -2.03. The van der Waals surface area contributed by atoms with Crippen molar-refractivity contribution in [3.63, 3.8) is 0 Å². The number of unbranched alkanes of at least 4 members (excludes halogenated alkanes) is 2. The number of aliphatic carboxylic acids is 1. The fourth-order valence-corrected chi connectivity index (χ4v) is 1.17. The second-order valence-corrected chi connectivity index (χ2v) is 3.30. The summed E-state index contributed by atoms with van der Waals surface area (Å²) in [5.74, 6) is -0.696. The van der Waals surface area contributed by atoms with Gasteiger partial charge < -0.3 is 15.2 Å². The number of ether oxygens (including phenoxy) is 1. The van der Waals surface area contributed by atoms with Crippen molar-refractivity contribution in [2.24, 2.45) is 0 Å². The number of rotatable bonds is 10. The Labute approximate surface area is 85.6 Å². The minimum Gasteiger partial charge on any atom is -0.481 e. The molecule has 14 heavy (non-hydrogen) atoms. The van der Waals surface area contributed by atoms with Crippen LogP contribution in [0.2, 0.25) is 0 Å². The Morgan fingerprint density at radius 1 is 1.21 bits per heavy atom. The molecule has 0 aromatic heterocycles. The average molecular weight is 203 g/mol. The maximum absolute atomic E-state index is 10.2. The van der Waals surface area contributed by atoms with Gasteiger partial charge in [0.05, 0.1) is 0 Å². The Hall–Kier alpha value is -0.610. The molecule has 0 rings (SSSR count). The molecule has 0 aliphatic rings. The van der Waals surface area contributed by atoms with Gasteiger partial charge in [-0.2, -0.15) is 0 Å². The van der Waals surface area contributed by atoms with E-state index in [0.29, 0.717) is 6.42 Å². The van der Waals surface area contributed by atoms with E-state index in [1.807, 2.05) is 0 Å². The van der Waals surface area contributed by atoms with Gasteiger partial charge in [0.25, 0.3) is 0 Å². The van der Waals surface area contributed by atoms with E-state index in [0.717, 1.165) is 45.4 Å². The average Bonchev–Trinajstić information content (AvgIpc) is 2.15. The molecule has 2 N–H and O–H groups in total. The molecule has 4 nitrogen and oxygen atoms in total. The summed E-state index contributed by atoms with van der Waals surface area (Å²) in [7, 11) is 1.70. The third-order valence-corrected chi connectivity index (χ3v) is 1.95. The Kier molecular flexibility index (Phi) is 10.0. The minimum absolute atomic E-state index is 0.295. The van der Waals surface area contributed by atoms with E-state index >= 15 is 0 Å². The molecule has 0 amide bonds. The topological polar surface area (TPSA) is 58.6 Å². The number of nitrogens with one attached hydrogen (secondary N) is 1. The molecule has 0 saturated carbocycles. The lowest BCUT2D eigenvalue weighted by molar-refractivity contribution is -0.137. The first-order chi connectivity index (χ1) is 6.77. The van der Waals surface area contributed by atoms with Gasteiger partial charge in [-0.25, -0.2) is 0 Å². The molecule has 4 heteroatoms. The van der Waals surface area contributed by atoms with Crippen LogP contribution in [-0.2, 0) is 9.53 Å². The van der Waals surface area contributed by atoms with E-state index in [-0.39, 0.29) is 0 Å². The summed E-state index contributed by atoms with van der Waals surface area (Å²) in [5, 5.41) is 11.7. The van der Waals surface area contributed by atoms with Crippen molar-refractivity contribution in [2.75, 3.05) is 26.8 Å². The molecule has 84 valence electrons. The van der Waals surface area contributed by atoms with Gasteiger partial charge in [0.1, 0.15) is 0 Å². The zero-order chi connectivity index (χ0) is 10.6. The predicted octanol–water partition coefficient (Wildman–Crippen LogP) is 1.26. The van der Waals surface area contributed by atoms with E-state index in [1.165, 1.54) is 0 Å². The number of carboxylic acids is 1. The Morgan fingerprint density at radius 3 is 2.57 bits per heavy atom. The van der Waals surface area contributed by atoms with Gasteiger partial charge in [0.15, 0.2) is 0 Å². The molecule has 0 aliphatic heterocycles. The summed E-state index contributed by atoms with van der Waals surface area (Å²) in [5.41, 5.74) is 0. The molecule has 0 radical (unpaired) electrons. The second-order valence-electron chi connectivity index (χ2n) is 3.30. The number of hydrogen-bond donors (Lipinski definition) is 2. The highest BCUT2D eigenvalue weighted by molar-refractivity contribution is 5.66. The fourth-order valence-electron chi connectivity index (χ4n) is 1.17. The van der Waals surface area contributed by atoms with Crippen LogP contribution < -0.4 is 5.32 Å². The van der Waals surface area contributed by atoms with Crippen LogP contribution >= 0.6 is 0 Å². The largest absolute Gasteiger partial charge is 0.481 e. The maximum atomic E-state index is 10.2. The monoisotopic (exact) mass is 203 g/mol. The lowest BCUT2D eigenvalue weighted by Crippen LogP contribution is -2.17. The summed E-state index contributed by atoms with van der Waals surface area (Å²) < 4.78 is 4.91. The Bertz CT molecular complexity index is 139. The highest BCUT2D eigenvalue weighted by Gasteiger charge is 1.95. The van der Waals surface area contributed by atoms with Crippen molar-refractivity contribution < 1.29 is 14.6 Å².